The summed E-state index contributed by atoms with van der Waals surface area (Å²) in [7, 11) is 1.43. The van der Waals surface area contributed by atoms with E-state index in [1.165, 1.54) is 29.4 Å². The van der Waals surface area contributed by atoms with Crippen LogP contribution in [-0.2, 0) is 9.53 Å². The van der Waals surface area contributed by atoms with Crippen molar-refractivity contribution in [2.75, 3.05) is 12.9 Å². The van der Waals surface area contributed by atoms with Gasteiger partial charge in [-0.2, -0.15) is 0 Å². The van der Waals surface area contributed by atoms with Gasteiger partial charge in [-0.15, -0.1) is 11.8 Å². The van der Waals surface area contributed by atoms with Crippen molar-refractivity contribution < 1.29 is 9.53 Å². The number of benzene rings is 2. The molecule has 0 N–H and O–H groups in total. The van der Waals surface area contributed by atoms with Crippen LogP contribution in [0.1, 0.15) is 27.5 Å². The van der Waals surface area contributed by atoms with Crippen LogP contribution in [0.25, 0.3) is 12.2 Å². The van der Waals surface area contributed by atoms with Gasteiger partial charge in [-0.1, -0.05) is 60.7 Å². The van der Waals surface area contributed by atoms with Gasteiger partial charge in [-0.05, 0) is 22.3 Å². The van der Waals surface area contributed by atoms with Gasteiger partial charge in [0.2, 0.25) is 0 Å². The topological polar surface area (TPSA) is 26.3 Å². The molecule has 2 aromatic rings. The van der Waals surface area contributed by atoms with Gasteiger partial charge in [0.25, 0.3) is 0 Å². The molecule has 3 heteroatoms. The molecule has 0 atom stereocenters. The number of fused-ring (bicyclic) bond motifs is 2. The minimum atomic E-state index is -0.188. The van der Waals surface area contributed by atoms with Crippen molar-refractivity contribution in [1.29, 1.82) is 0 Å². The number of hydrogen-bond acceptors (Lipinski definition) is 3. The Hall–Kier alpha value is -2.00. The molecule has 0 bridgehead atoms. The third-order valence-electron chi connectivity index (χ3n) is 3.59. The molecule has 0 aromatic heterocycles. The Morgan fingerprint density at radius 3 is 2.05 bits per heavy atom. The largest absolute Gasteiger partial charge is 0.468 e. The number of rotatable bonds is 3. The van der Waals surface area contributed by atoms with Gasteiger partial charge >= 0.3 is 5.97 Å². The molecule has 1 aliphatic rings. The highest BCUT2D eigenvalue weighted by atomic mass is 32.2. The monoisotopic (exact) mass is 296 g/mol. The average Bonchev–Trinajstić information content (AvgIpc) is 2.69. The van der Waals surface area contributed by atoms with Crippen LogP contribution in [0.5, 0.6) is 0 Å². The van der Waals surface area contributed by atoms with E-state index < -0.39 is 0 Å². The maximum absolute atomic E-state index is 11.5. The van der Waals surface area contributed by atoms with Crippen LogP contribution in [-0.4, -0.2) is 18.8 Å². The standard InChI is InChI=1S/C18H16O2S/c1-20-17(19)12-21-18-15-8-4-2-6-13(15)10-11-14-7-3-5-9-16(14)18/h2-11,18H,12H2,1H3. The Kier molecular flexibility index (Phi) is 4.11. The van der Waals surface area contributed by atoms with Crippen molar-refractivity contribution in [2.24, 2.45) is 0 Å². The minimum Gasteiger partial charge on any atom is -0.468 e. The Bertz CT molecular complexity index is 642. The number of methoxy groups -OCH3 is 1. The molecule has 0 aliphatic heterocycles. The average molecular weight is 296 g/mol. The highest BCUT2D eigenvalue weighted by Crippen LogP contribution is 2.41. The normalized spacial score (nSPS) is 13.2. The highest BCUT2D eigenvalue weighted by Gasteiger charge is 2.22. The zero-order valence-electron chi connectivity index (χ0n) is 11.8. The molecule has 0 fully saturated rings. The summed E-state index contributed by atoms with van der Waals surface area (Å²) in [6.45, 7) is 0. The molecule has 0 saturated heterocycles. The van der Waals surface area contributed by atoms with E-state index in [2.05, 4.69) is 36.4 Å². The Morgan fingerprint density at radius 1 is 1.00 bits per heavy atom. The van der Waals surface area contributed by atoms with E-state index in [1.54, 1.807) is 11.8 Å². The van der Waals surface area contributed by atoms with E-state index in [0.717, 1.165) is 0 Å². The van der Waals surface area contributed by atoms with Gasteiger partial charge in [0.15, 0.2) is 0 Å². The molecule has 1 aliphatic carbocycles. The smallest absolute Gasteiger partial charge is 0.315 e. The fourth-order valence-electron chi connectivity index (χ4n) is 2.54. The van der Waals surface area contributed by atoms with Crippen molar-refractivity contribution in [3.63, 3.8) is 0 Å². The first-order chi connectivity index (χ1) is 10.3. The molecule has 0 saturated carbocycles. The van der Waals surface area contributed by atoms with E-state index in [0.29, 0.717) is 5.75 Å². The first kappa shape index (κ1) is 14.0. The summed E-state index contributed by atoms with van der Waals surface area (Å²) < 4.78 is 4.77. The van der Waals surface area contributed by atoms with Gasteiger partial charge in [-0.25, -0.2) is 0 Å². The summed E-state index contributed by atoms with van der Waals surface area (Å²) in [4.78, 5) is 11.5. The fourth-order valence-corrected chi connectivity index (χ4v) is 3.75. The Labute approximate surface area is 128 Å². The van der Waals surface area contributed by atoms with Crippen molar-refractivity contribution in [3.8, 4) is 0 Å². The molecule has 3 rings (SSSR count). The molecule has 21 heavy (non-hydrogen) atoms. The number of ether oxygens (including phenoxy) is 1. The number of esters is 1. The summed E-state index contributed by atoms with van der Waals surface area (Å²) in [6.07, 6.45) is 4.29. The van der Waals surface area contributed by atoms with Gasteiger partial charge < -0.3 is 4.74 Å². The van der Waals surface area contributed by atoms with Crippen molar-refractivity contribution >= 4 is 29.9 Å². The van der Waals surface area contributed by atoms with Gasteiger partial charge in [0, 0.05) is 0 Å². The summed E-state index contributed by atoms with van der Waals surface area (Å²) >= 11 is 1.61. The van der Waals surface area contributed by atoms with Crippen molar-refractivity contribution in [3.05, 3.63) is 70.8 Å². The lowest BCUT2D eigenvalue weighted by Crippen LogP contribution is -2.07. The van der Waals surface area contributed by atoms with E-state index in [-0.39, 0.29) is 11.2 Å². The quantitative estimate of drug-likeness (QED) is 0.795. The molecule has 2 aromatic carbocycles. The zero-order chi connectivity index (χ0) is 14.7. The first-order valence-corrected chi connectivity index (χ1v) is 7.89. The van der Waals surface area contributed by atoms with E-state index in [1.807, 2.05) is 24.3 Å². The number of carbonyl (C=O) groups is 1. The molecular formula is C18H16O2S. The molecule has 0 unspecified atom stereocenters. The van der Waals surface area contributed by atoms with Crippen LogP contribution < -0.4 is 0 Å². The van der Waals surface area contributed by atoms with Gasteiger partial charge in [0.05, 0.1) is 18.1 Å². The second-order valence-corrected chi connectivity index (χ2v) is 5.95. The second kappa shape index (κ2) is 6.19. The third-order valence-corrected chi connectivity index (χ3v) is 4.84. The highest BCUT2D eigenvalue weighted by molar-refractivity contribution is 8.00. The maximum atomic E-state index is 11.5. The van der Waals surface area contributed by atoms with Crippen LogP contribution >= 0.6 is 11.8 Å². The lowest BCUT2D eigenvalue weighted by molar-refractivity contribution is -0.137. The number of thioether (sulfide) groups is 1. The summed E-state index contributed by atoms with van der Waals surface area (Å²) in [6, 6.07) is 16.7. The Morgan fingerprint density at radius 2 is 1.52 bits per heavy atom. The van der Waals surface area contributed by atoms with Gasteiger partial charge in [0.1, 0.15) is 0 Å². The van der Waals surface area contributed by atoms with Crippen LogP contribution in [0, 0.1) is 0 Å². The lowest BCUT2D eigenvalue weighted by Gasteiger charge is -2.19. The second-order valence-electron chi connectivity index (χ2n) is 4.86. The molecular weight excluding hydrogens is 280 g/mol. The number of hydrogen-bond donors (Lipinski definition) is 0. The summed E-state index contributed by atoms with van der Waals surface area (Å²) in [5.74, 6) is 0.163. The molecule has 2 nitrogen and oxygen atoms in total. The summed E-state index contributed by atoms with van der Waals surface area (Å²) in [5, 5.41) is 0.145. The number of carbonyl (C=O) groups excluding carboxylic acids is 1. The van der Waals surface area contributed by atoms with E-state index in [9.17, 15) is 4.79 Å². The molecule has 0 radical (unpaired) electrons. The predicted octanol–water partition coefficient (Wildman–Crippen LogP) is 4.17. The van der Waals surface area contributed by atoms with E-state index >= 15 is 0 Å². The van der Waals surface area contributed by atoms with Gasteiger partial charge in [-0.3, -0.25) is 4.79 Å². The first-order valence-electron chi connectivity index (χ1n) is 6.84. The predicted molar refractivity (Wildman–Crippen MR) is 88.1 cm³/mol. The SMILES string of the molecule is COC(=O)CSC1c2ccccc2C=Cc2ccccc21. The van der Waals surface area contributed by atoms with Crippen molar-refractivity contribution in [2.45, 2.75) is 5.25 Å². The Balaban J connectivity index is 2.04. The van der Waals surface area contributed by atoms with E-state index in [4.69, 9.17) is 4.74 Å². The molecule has 0 spiro atoms. The summed E-state index contributed by atoms with van der Waals surface area (Å²) in [5.41, 5.74) is 4.90. The van der Waals surface area contributed by atoms with Crippen molar-refractivity contribution in [1.82, 2.24) is 0 Å². The minimum absolute atomic E-state index is 0.145. The fraction of sp³-hybridized carbons (Fsp3) is 0.167. The zero-order valence-corrected chi connectivity index (χ0v) is 12.6. The third kappa shape index (κ3) is 2.88. The van der Waals surface area contributed by atoms with Crippen LogP contribution in [0.4, 0.5) is 0 Å². The molecule has 0 heterocycles. The van der Waals surface area contributed by atoms with Crippen LogP contribution in [0.15, 0.2) is 48.5 Å². The van der Waals surface area contributed by atoms with Crippen LogP contribution in [0.3, 0.4) is 0 Å². The maximum Gasteiger partial charge on any atom is 0.315 e. The lowest BCUT2D eigenvalue weighted by atomic mass is 9.99. The van der Waals surface area contributed by atoms with Crippen LogP contribution in [0.2, 0.25) is 0 Å². The molecule has 106 valence electrons. The molecule has 0 amide bonds.